The van der Waals surface area contributed by atoms with Crippen molar-refractivity contribution < 1.29 is 9.47 Å². The molecule has 0 saturated carbocycles. The molecule has 0 N–H and O–H groups in total. The summed E-state index contributed by atoms with van der Waals surface area (Å²) in [5.74, 6) is 1.75. The van der Waals surface area contributed by atoms with Gasteiger partial charge in [0.2, 0.25) is 0 Å². The molecule has 0 saturated heterocycles. The van der Waals surface area contributed by atoms with Gasteiger partial charge in [-0.25, -0.2) is 0 Å². The van der Waals surface area contributed by atoms with Crippen LogP contribution in [0.5, 0.6) is 11.5 Å². The Kier molecular flexibility index (Phi) is 5.65. The molecule has 2 aromatic carbocycles. The summed E-state index contributed by atoms with van der Waals surface area (Å²) >= 11 is 3.52. The van der Waals surface area contributed by atoms with Gasteiger partial charge in [-0.15, -0.1) is 0 Å². The Labute approximate surface area is 134 Å². The lowest BCUT2D eigenvalue weighted by Gasteiger charge is -2.17. The third kappa shape index (κ3) is 4.48. The largest absolute Gasteiger partial charge is 0.497 e. The maximum atomic E-state index is 5.25. The lowest BCUT2D eigenvalue weighted by Crippen LogP contribution is -2.17. The predicted octanol–water partition coefficient (Wildman–Crippen LogP) is 4.10. The lowest BCUT2D eigenvalue weighted by atomic mass is 10.1. The van der Waals surface area contributed by atoms with Crippen LogP contribution in [0.25, 0.3) is 0 Å². The van der Waals surface area contributed by atoms with Gasteiger partial charge in [-0.05, 0) is 58.4 Å². The summed E-state index contributed by atoms with van der Waals surface area (Å²) in [6.45, 7) is 1.78. The zero-order valence-corrected chi connectivity index (χ0v) is 14.2. The van der Waals surface area contributed by atoms with Crippen molar-refractivity contribution in [1.82, 2.24) is 4.90 Å². The quantitative estimate of drug-likeness (QED) is 0.783. The molecule has 21 heavy (non-hydrogen) atoms. The van der Waals surface area contributed by atoms with Crippen LogP contribution < -0.4 is 9.47 Å². The number of benzene rings is 2. The Hall–Kier alpha value is -1.52. The highest BCUT2D eigenvalue weighted by molar-refractivity contribution is 9.10. The molecule has 0 spiro atoms. The number of halogens is 1. The first-order valence-electron chi connectivity index (χ1n) is 6.76. The van der Waals surface area contributed by atoms with Gasteiger partial charge in [0.25, 0.3) is 0 Å². The second-order valence-electron chi connectivity index (χ2n) is 4.99. The maximum absolute atomic E-state index is 5.25. The predicted molar refractivity (Wildman–Crippen MR) is 88.9 cm³/mol. The van der Waals surface area contributed by atoms with E-state index in [1.807, 2.05) is 18.2 Å². The molecule has 0 aliphatic rings. The normalized spacial score (nSPS) is 10.7. The molecule has 0 aliphatic heterocycles. The summed E-state index contributed by atoms with van der Waals surface area (Å²) in [4.78, 5) is 2.27. The molecule has 2 aromatic rings. The van der Waals surface area contributed by atoms with Crippen LogP contribution in [0.1, 0.15) is 11.1 Å². The number of nitrogens with zero attached hydrogens (tertiary/aromatic N) is 1. The SMILES string of the molecule is COc1ccc(CN(C)Cc2ccc(OC)c(Br)c2)cc1. The van der Waals surface area contributed by atoms with E-state index < -0.39 is 0 Å². The van der Waals surface area contributed by atoms with Gasteiger partial charge in [-0.2, -0.15) is 0 Å². The molecule has 0 aromatic heterocycles. The first kappa shape index (κ1) is 15.9. The van der Waals surface area contributed by atoms with Gasteiger partial charge in [-0.3, -0.25) is 4.90 Å². The van der Waals surface area contributed by atoms with Gasteiger partial charge in [0.15, 0.2) is 0 Å². The molecule has 0 aliphatic carbocycles. The summed E-state index contributed by atoms with van der Waals surface area (Å²) in [6.07, 6.45) is 0. The van der Waals surface area contributed by atoms with Crippen molar-refractivity contribution >= 4 is 15.9 Å². The molecule has 0 heterocycles. The van der Waals surface area contributed by atoms with Gasteiger partial charge in [-0.1, -0.05) is 18.2 Å². The van der Waals surface area contributed by atoms with Crippen LogP contribution in [0.2, 0.25) is 0 Å². The van der Waals surface area contributed by atoms with Crippen molar-refractivity contribution in [1.29, 1.82) is 0 Å². The highest BCUT2D eigenvalue weighted by Gasteiger charge is 2.05. The van der Waals surface area contributed by atoms with E-state index in [1.165, 1.54) is 11.1 Å². The maximum Gasteiger partial charge on any atom is 0.133 e. The van der Waals surface area contributed by atoms with Gasteiger partial charge in [0.05, 0.1) is 18.7 Å². The van der Waals surface area contributed by atoms with Crippen molar-refractivity contribution in [2.24, 2.45) is 0 Å². The van der Waals surface area contributed by atoms with Crippen LogP contribution in [0.15, 0.2) is 46.9 Å². The monoisotopic (exact) mass is 349 g/mol. The van der Waals surface area contributed by atoms with Crippen molar-refractivity contribution in [2.75, 3.05) is 21.3 Å². The Balaban J connectivity index is 1.97. The second kappa shape index (κ2) is 7.48. The summed E-state index contributed by atoms with van der Waals surface area (Å²) in [5.41, 5.74) is 2.52. The number of methoxy groups -OCH3 is 2. The number of rotatable bonds is 6. The smallest absolute Gasteiger partial charge is 0.133 e. The van der Waals surface area contributed by atoms with Gasteiger partial charge < -0.3 is 9.47 Å². The molecule has 0 radical (unpaired) electrons. The van der Waals surface area contributed by atoms with E-state index in [-0.39, 0.29) is 0 Å². The number of hydrogen-bond acceptors (Lipinski definition) is 3. The van der Waals surface area contributed by atoms with Crippen molar-refractivity contribution in [3.8, 4) is 11.5 Å². The standard InChI is InChI=1S/C17H20BrNO2/c1-19(11-13-4-7-15(20-2)8-5-13)12-14-6-9-17(21-3)16(18)10-14/h4-10H,11-12H2,1-3H3. The van der Waals surface area contributed by atoms with E-state index in [9.17, 15) is 0 Å². The molecule has 3 nitrogen and oxygen atoms in total. The van der Waals surface area contributed by atoms with E-state index in [0.717, 1.165) is 29.1 Å². The summed E-state index contributed by atoms with van der Waals surface area (Å²) in [6, 6.07) is 14.4. The second-order valence-corrected chi connectivity index (χ2v) is 5.84. The molecule has 0 atom stereocenters. The molecular formula is C17H20BrNO2. The number of hydrogen-bond donors (Lipinski definition) is 0. The fourth-order valence-corrected chi connectivity index (χ4v) is 2.81. The van der Waals surface area contributed by atoms with Gasteiger partial charge >= 0.3 is 0 Å². The average molecular weight is 350 g/mol. The van der Waals surface area contributed by atoms with Crippen LogP contribution >= 0.6 is 15.9 Å². The van der Waals surface area contributed by atoms with Crippen LogP contribution in [0, 0.1) is 0 Å². The van der Waals surface area contributed by atoms with E-state index in [1.54, 1.807) is 14.2 Å². The minimum atomic E-state index is 0.858. The molecule has 0 bridgehead atoms. The minimum Gasteiger partial charge on any atom is -0.497 e. The minimum absolute atomic E-state index is 0.858. The highest BCUT2D eigenvalue weighted by Crippen LogP contribution is 2.26. The Morgan fingerprint density at radius 1 is 0.905 bits per heavy atom. The third-order valence-electron chi connectivity index (χ3n) is 3.28. The average Bonchev–Trinajstić information content (AvgIpc) is 2.48. The van der Waals surface area contributed by atoms with Crippen molar-refractivity contribution in [3.05, 3.63) is 58.1 Å². The van der Waals surface area contributed by atoms with E-state index in [4.69, 9.17) is 9.47 Å². The Morgan fingerprint density at radius 3 is 2.10 bits per heavy atom. The zero-order chi connectivity index (χ0) is 15.2. The summed E-state index contributed by atoms with van der Waals surface area (Å²) in [5, 5.41) is 0. The van der Waals surface area contributed by atoms with E-state index in [2.05, 4.69) is 52.1 Å². The van der Waals surface area contributed by atoms with E-state index in [0.29, 0.717) is 0 Å². The fraction of sp³-hybridized carbons (Fsp3) is 0.294. The zero-order valence-electron chi connectivity index (χ0n) is 12.6. The van der Waals surface area contributed by atoms with Crippen LogP contribution in [-0.4, -0.2) is 26.2 Å². The molecule has 0 amide bonds. The topological polar surface area (TPSA) is 21.7 Å². The van der Waals surface area contributed by atoms with Crippen molar-refractivity contribution in [2.45, 2.75) is 13.1 Å². The van der Waals surface area contributed by atoms with Gasteiger partial charge in [0.1, 0.15) is 11.5 Å². The molecule has 112 valence electrons. The molecule has 0 unspecified atom stereocenters. The Morgan fingerprint density at radius 2 is 1.52 bits per heavy atom. The van der Waals surface area contributed by atoms with Gasteiger partial charge in [0, 0.05) is 13.1 Å². The van der Waals surface area contributed by atoms with Crippen molar-refractivity contribution in [3.63, 3.8) is 0 Å². The molecular weight excluding hydrogens is 330 g/mol. The highest BCUT2D eigenvalue weighted by atomic mass is 79.9. The molecule has 4 heteroatoms. The van der Waals surface area contributed by atoms with Crippen LogP contribution in [0.4, 0.5) is 0 Å². The summed E-state index contributed by atoms with van der Waals surface area (Å²) < 4.78 is 11.4. The molecule has 0 fully saturated rings. The number of ether oxygens (including phenoxy) is 2. The Bertz CT molecular complexity index is 584. The summed E-state index contributed by atoms with van der Waals surface area (Å²) in [7, 11) is 5.47. The third-order valence-corrected chi connectivity index (χ3v) is 3.90. The first-order valence-corrected chi connectivity index (χ1v) is 7.55. The van der Waals surface area contributed by atoms with Crippen LogP contribution in [0.3, 0.4) is 0 Å². The molecule has 2 rings (SSSR count). The lowest BCUT2D eigenvalue weighted by molar-refractivity contribution is 0.318. The van der Waals surface area contributed by atoms with Crippen LogP contribution in [-0.2, 0) is 13.1 Å². The fourth-order valence-electron chi connectivity index (χ4n) is 2.22. The van der Waals surface area contributed by atoms with E-state index >= 15 is 0 Å². The first-order chi connectivity index (χ1) is 10.1.